The fourth-order valence-corrected chi connectivity index (χ4v) is 5.95. The molecular weight excluding hydrogens is 492 g/mol. The Hall–Kier alpha value is -3.85. The van der Waals surface area contributed by atoms with Gasteiger partial charge in [-0.2, -0.15) is 0 Å². The van der Waals surface area contributed by atoms with Gasteiger partial charge in [0.05, 0.1) is 37.3 Å². The average Bonchev–Trinajstić information content (AvgIpc) is 2.90. The van der Waals surface area contributed by atoms with E-state index in [4.69, 9.17) is 9.47 Å². The van der Waals surface area contributed by atoms with Crippen molar-refractivity contribution in [1.82, 2.24) is 10.2 Å². The number of aryl methyl sites for hydroxylation is 1. The van der Waals surface area contributed by atoms with E-state index in [0.29, 0.717) is 17.1 Å². The molecule has 0 unspecified atom stereocenters. The molecule has 0 spiro atoms. The molecular formula is C28H30N2O6S. The molecule has 1 fully saturated rings. The Kier molecular flexibility index (Phi) is 7.83. The lowest BCUT2D eigenvalue weighted by atomic mass is 9.94. The number of hydrogen-bond acceptors (Lipinski definition) is 6. The number of methoxy groups -OCH3 is 2. The lowest BCUT2D eigenvalue weighted by Crippen LogP contribution is -2.72. The van der Waals surface area contributed by atoms with Crippen LogP contribution < -0.4 is 14.8 Å². The molecule has 37 heavy (non-hydrogen) atoms. The Morgan fingerprint density at radius 2 is 1.68 bits per heavy atom. The van der Waals surface area contributed by atoms with Crippen LogP contribution in [0.15, 0.2) is 77.7 Å². The Labute approximate surface area is 217 Å². The van der Waals surface area contributed by atoms with Gasteiger partial charge in [-0.25, -0.2) is 8.42 Å². The predicted molar refractivity (Wildman–Crippen MR) is 139 cm³/mol. The van der Waals surface area contributed by atoms with Gasteiger partial charge in [0.25, 0.3) is 0 Å². The number of carbonyl (C=O) groups is 2. The zero-order chi connectivity index (χ0) is 26.6. The van der Waals surface area contributed by atoms with Gasteiger partial charge in [0.2, 0.25) is 11.8 Å². The number of carbonyl (C=O) groups excluding carboxylic acids is 2. The molecule has 4 rings (SSSR count). The summed E-state index contributed by atoms with van der Waals surface area (Å²) in [6.45, 7) is 2.01. The van der Waals surface area contributed by atoms with Crippen molar-refractivity contribution in [2.75, 3.05) is 20.0 Å². The van der Waals surface area contributed by atoms with E-state index in [-0.39, 0.29) is 35.4 Å². The van der Waals surface area contributed by atoms with Crippen molar-refractivity contribution in [3.63, 3.8) is 0 Å². The first kappa shape index (κ1) is 26.2. The minimum Gasteiger partial charge on any atom is -0.497 e. The van der Waals surface area contributed by atoms with Gasteiger partial charge in [-0.1, -0.05) is 48.0 Å². The fourth-order valence-electron chi connectivity index (χ4n) is 4.38. The van der Waals surface area contributed by atoms with Crippen molar-refractivity contribution in [3.05, 3.63) is 89.5 Å². The summed E-state index contributed by atoms with van der Waals surface area (Å²) in [4.78, 5) is 27.6. The molecule has 0 aromatic heterocycles. The first-order valence-electron chi connectivity index (χ1n) is 11.9. The largest absolute Gasteiger partial charge is 0.497 e. The Bertz CT molecular complexity index is 1370. The summed E-state index contributed by atoms with van der Waals surface area (Å²) in [7, 11) is -0.676. The van der Waals surface area contributed by atoms with Crippen LogP contribution in [-0.4, -0.2) is 57.2 Å². The number of β-lactam (4-membered cyclic amide) rings is 1. The molecule has 0 bridgehead atoms. The smallest absolute Gasteiger partial charge is 0.248 e. The van der Waals surface area contributed by atoms with Crippen LogP contribution in [0.4, 0.5) is 0 Å². The van der Waals surface area contributed by atoms with Crippen molar-refractivity contribution in [1.29, 1.82) is 0 Å². The monoisotopic (exact) mass is 522 g/mol. The van der Waals surface area contributed by atoms with E-state index in [2.05, 4.69) is 5.32 Å². The van der Waals surface area contributed by atoms with Crippen molar-refractivity contribution in [2.45, 2.75) is 36.9 Å². The van der Waals surface area contributed by atoms with E-state index in [0.717, 1.165) is 11.1 Å². The van der Waals surface area contributed by atoms with Crippen molar-refractivity contribution in [3.8, 4) is 11.5 Å². The maximum Gasteiger partial charge on any atom is 0.248 e. The summed E-state index contributed by atoms with van der Waals surface area (Å²) in [5, 5.41) is 2.76. The van der Waals surface area contributed by atoms with Crippen molar-refractivity contribution >= 4 is 21.7 Å². The average molecular weight is 523 g/mol. The molecule has 0 radical (unpaired) electrons. The van der Waals surface area contributed by atoms with Crippen molar-refractivity contribution in [2.24, 2.45) is 0 Å². The molecule has 3 aromatic carbocycles. The van der Waals surface area contributed by atoms with E-state index in [9.17, 15) is 18.0 Å². The summed E-state index contributed by atoms with van der Waals surface area (Å²) >= 11 is 0. The molecule has 9 heteroatoms. The number of amides is 2. The lowest BCUT2D eigenvalue weighted by Gasteiger charge is -2.47. The van der Waals surface area contributed by atoms with E-state index in [1.807, 2.05) is 37.3 Å². The number of ether oxygens (including phenoxy) is 2. The van der Waals surface area contributed by atoms with Crippen LogP contribution in [0.3, 0.4) is 0 Å². The molecule has 2 amide bonds. The summed E-state index contributed by atoms with van der Waals surface area (Å²) < 4.78 is 37.3. The minimum absolute atomic E-state index is 0.0916. The lowest BCUT2D eigenvalue weighted by molar-refractivity contribution is -0.153. The van der Waals surface area contributed by atoms with Gasteiger partial charge in [-0.3, -0.25) is 9.59 Å². The fraction of sp³-hybridized carbons (Fsp3) is 0.286. The highest BCUT2D eigenvalue weighted by Gasteiger charge is 2.50. The van der Waals surface area contributed by atoms with Crippen LogP contribution in [-0.2, 0) is 32.4 Å². The molecule has 1 aliphatic rings. The molecule has 194 valence electrons. The second-order valence-electron chi connectivity index (χ2n) is 9.01. The van der Waals surface area contributed by atoms with Crippen LogP contribution in [0.5, 0.6) is 11.5 Å². The highest BCUT2D eigenvalue weighted by atomic mass is 32.2. The first-order chi connectivity index (χ1) is 17.7. The second-order valence-corrected chi connectivity index (χ2v) is 11.0. The third-order valence-corrected chi connectivity index (χ3v) is 8.23. The Balaban J connectivity index is 1.58. The van der Waals surface area contributed by atoms with Gasteiger partial charge in [0, 0.05) is 18.2 Å². The van der Waals surface area contributed by atoms with Crippen LogP contribution in [0.25, 0.3) is 0 Å². The van der Waals surface area contributed by atoms with Crippen LogP contribution in [0.1, 0.15) is 16.7 Å². The van der Waals surface area contributed by atoms with Gasteiger partial charge in [0.1, 0.15) is 17.5 Å². The number of rotatable bonds is 10. The Morgan fingerprint density at radius 3 is 2.32 bits per heavy atom. The van der Waals surface area contributed by atoms with Crippen LogP contribution in [0.2, 0.25) is 0 Å². The summed E-state index contributed by atoms with van der Waals surface area (Å²) in [5.74, 6) is 0.104. The van der Waals surface area contributed by atoms with Crippen molar-refractivity contribution < 1.29 is 27.5 Å². The predicted octanol–water partition coefficient (Wildman–Crippen LogP) is 2.92. The first-order valence-corrected chi connectivity index (χ1v) is 13.5. The molecule has 1 saturated heterocycles. The molecule has 2 atom stereocenters. The van der Waals surface area contributed by atoms with Gasteiger partial charge in [0.15, 0.2) is 9.84 Å². The minimum atomic E-state index is -3.74. The Morgan fingerprint density at radius 1 is 0.973 bits per heavy atom. The summed E-state index contributed by atoms with van der Waals surface area (Å²) in [6.07, 6.45) is 0.0916. The molecule has 3 aromatic rings. The third-order valence-electron chi connectivity index (χ3n) is 6.46. The number of nitrogens with one attached hydrogen (secondary N) is 1. The summed E-state index contributed by atoms with van der Waals surface area (Å²) in [6, 6.07) is 19.3. The standard InChI is InChI=1S/C28H30N2O6S/c1-19-9-13-23(14-10-19)37(33,34)18-24-27(29-26(31)15-20-7-5-4-6-8-20)28(32)30(24)17-21-11-12-22(35-2)16-25(21)36-3/h4-14,16,24,27H,15,17-18H2,1-3H3,(H,29,31)/t24-,27+/m0/s1. The number of hydrogen-bond donors (Lipinski definition) is 1. The topological polar surface area (TPSA) is 102 Å². The molecule has 1 aliphatic heterocycles. The van der Waals surface area contributed by atoms with Crippen LogP contribution >= 0.6 is 0 Å². The van der Waals surface area contributed by atoms with E-state index in [1.165, 1.54) is 12.0 Å². The maximum absolute atomic E-state index is 13.3. The van der Waals surface area contributed by atoms with Gasteiger partial charge < -0.3 is 19.7 Å². The molecule has 1 heterocycles. The van der Waals surface area contributed by atoms with Gasteiger partial charge in [-0.05, 0) is 36.8 Å². The molecule has 0 saturated carbocycles. The van der Waals surface area contributed by atoms with E-state index >= 15 is 0 Å². The quantitative estimate of drug-likeness (QED) is 0.411. The second kappa shape index (κ2) is 11.0. The zero-order valence-corrected chi connectivity index (χ0v) is 21.8. The molecule has 0 aliphatic carbocycles. The molecule has 1 N–H and O–H groups in total. The highest BCUT2D eigenvalue weighted by molar-refractivity contribution is 7.91. The summed E-state index contributed by atoms with van der Waals surface area (Å²) in [5.41, 5.74) is 2.44. The zero-order valence-electron chi connectivity index (χ0n) is 21.0. The maximum atomic E-state index is 13.3. The SMILES string of the molecule is COc1ccc(CN2C(=O)[C@H](NC(=O)Cc3ccccc3)[C@@H]2CS(=O)(=O)c2ccc(C)cc2)c(OC)c1. The highest BCUT2D eigenvalue weighted by Crippen LogP contribution is 2.31. The van der Waals surface area contributed by atoms with Crippen LogP contribution in [0, 0.1) is 6.92 Å². The van der Waals surface area contributed by atoms with E-state index < -0.39 is 21.9 Å². The number of nitrogens with zero attached hydrogens (tertiary/aromatic N) is 1. The number of sulfone groups is 1. The van der Waals surface area contributed by atoms with E-state index in [1.54, 1.807) is 49.6 Å². The number of benzene rings is 3. The number of likely N-dealkylation sites (tertiary alicyclic amines) is 1. The third kappa shape index (κ3) is 5.94. The van der Waals surface area contributed by atoms with Gasteiger partial charge >= 0.3 is 0 Å². The molecule has 8 nitrogen and oxygen atoms in total. The van der Waals surface area contributed by atoms with Gasteiger partial charge in [-0.15, -0.1) is 0 Å². The normalized spacial score (nSPS) is 17.2.